The molecule has 1 aliphatic rings. The number of nitrogens with two attached hydrogens (primary N) is 1. The molecule has 7 nitrogen and oxygen atoms in total. The van der Waals surface area contributed by atoms with Crippen molar-refractivity contribution >= 4 is 38.9 Å². The van der Waals surface area contributed by atoms with E-state index in [0.29, 0.717) is 53.8 Å². The first-order chi connectivity index (χ1) is 15.8. The minimum Gasteiger partial charge on any atom is -0.398 e. The van der Waals surface area contributed by atoms with E-state index in [1.54, 1.807) is 60.7 Å². The zero-order valence-corrected chi connectivity index (χ0v) is 19.6. The summed E-state index contributed by atoms with van der Waals surface area (Å²) in [5.41, 5.74) is 10.0. The van der Waals surface area contributed by atoms with Gasteiger partial charge in [-0.1, -0.05) is 23.7 Å². The lowest BCUT2D eigenvalue weighted by Crippen LogP contribution is -2.40. The van der Waals surface area contributed by atoms with Gasteiger partial charge in [-0.3, -0.25) is 4.79 Å². The number of rotatable bonds is 5. The van der Waals surface area contributed by atoms with Gasteiger partial charge in [0.05, 0.1) is 18.1 Å². The molecule has 0 spiro atoms. The molecule has 0 bridgehead atoms. The summed E-state index contributed by atoms with van der Waals surface area (Å²) in [7, 11) is -3.63. The molecule has 9 heteroatoms. The molecular weight excluding hydrogens is 462 g/mol. The van der Waals surface area contributed by atoms with Gasteiger partial charge in [0.25, 0.3) is 5.91 Å². The first kappa shape index (κ1) is 23.3. The summed E-state index contributed by atoms with van der Waals surface area (Å²) in [6, 6.07) is 16.8. The molecule has 1 heterocycles. The smallest absolute Gasteiger partial charge is 0.255 e. The zero-order chi connectivity index (χ0) is 23.6. The number of ether oxygens (including phenoxy) is 1. The number of morpholine rings is 1. The minimum absolute atomic E-state index is 0.213. The normalized spacial score (nSPS) is 14.7. The Morgan fingerprint density at radius 1 is 1.00 bits per heavy atom. The Morgan fingerprint density at radius 2 is 1.70 bits per heavy atom. The van der Waals surface area contributed by atoms with E-state index in [9.17, 15) is 13.2 Å². The average molecular weight is 486 g/mol. The maximum atomic E-state index is 13.1. The Balaban J connectivity index is 1.61. The van der Waals surface area contributed by atoms with E-state index in [0.717, 1.165) is 11.1 Å². The van der Waals surface area contributed by atoms with Gasteiger partial charge in [0, 0.05) is 40.6 Å². The fourth-order valence-electron chi connectivity index (χ4n) is 3.68. The van der Waals surface area contributed by atoms with E-state index in [1.165, 1.54) is 4.31 Å². The molecule has 0 saturated carbocycles. The molecule has 1 fully saturated rings. The van der Waals surface area contributed by atoms with Crippen molar-refractivity contribution in [2.24, 2.45) is 0 Å². The first-order valence-electron chi connectivity index (χ1n) is 10.4. The van der Waals surface area contributed by atoms with Crippen LogP contribution in [0.1, 0.15) is 15.9 Å². The molecule has 1 aliphatic heterocycles. The third kappa shape index (κ3) is 5.04. The van der Waals surface area contributed by atoms with Gasteiger partial charge in [0.1, 0.15) is 0 Å². The van der Waals surface area contributed by atoms with Crippen LogP contribution in [0.4, 0.5) is 11.4 Å². The number of carbonyl (C=O) groups excluding carboxylic acids is 1. The van der Waals surface area contributed by atoms with Crippen LogP contribution in [0, 0.1) is 6.92 Å². The molecule has 4 rings (SSSR count). The predicted octanol–water partition coefficient (Wildman–Crippen LogP) is 4.17. The third-order valence-electron chi connectivity index (χ3n) is 5.52. The lowest BCUT2D eigenvalue weighted by molar-refractivity contribution is 0.0730. The summed E-state index contributed by atoms with van der Waals surface area (Å²) in [5.74, 6) is -0.284. The number of hydrogen-bond donors (Lipinski definition) is 2. The molecule has 3 N–H and O–H groups in total. The molecule has 0 unspecified atom stereocenters. The minimum atomic E-state index is -3.63. The summed E-state index contributed by atoms with van der Waals surface area (Å²) in [6.45, 7) is 3.32. The monoisotopic (exact) mass is 485 g/mol. The van der Waals surface area contributed by atoms with Crippen molar-refractivity contribution in [3.63, 3.8) is 0 Å². The van der Waals surface area contributed by atoms with Crippen LogP contribution in [0.3, 0.4) is 0 Å². The molecule has 1 saturated heterocycles. The fourth-order valence-corrected chi connectivity index (χ4v) is 5.24. The van der Waals surface area contributed by atoms with Gasteiger partial charge in [-0.15, -0.1) is 0 Å². The van der Waals surface area contributed by atoms with Crippen LogP contribution in [-0.4, -0.2) is 44.9 Å². The Morgan fingerprint density at radius 3 is 2.36 bits per heavy atom. The molecule has 3 aromatic rings. The van der Waals surface area contributed by atoms with Gasteiger partial charge < -0.3 is 15.8 Å². The van der Waals surface area contributed by atoms with E-state index < -0.39 is 10.0 Å². The van der Waals surface area contributed by atoms with Crippen molar-refractivity contribution in [1.29, 1.82) is 0 Å². The Bertz CT molecular complexity index is 1290. The lowest BCUT2D eigenvalue weighted by atomic mass is 9.99. The Kier molecular flexibility index (Phi) is 6.71. The third-order valence-corrected chi connectivity index (χ3v) is 7.67. The first-order valence-corrected chi connectivity index (χ1v) is 12.2. The molecule has 0 aromatic heterocycles. The highest BCUT2D eigenvalue weighted by Crippen LogP contribution is 2.33. The summed E-state index contributed by atoms with van der Waals surface area (Å²) in [6.07, 6.45) is 0. The van der Waals surface area contributed by atoms with Crippen LogP contribution in [0.5, 0.6) is 0 Å². The van der Waals surface area contributed by atoms with Gasteiger partial charge in [-0.05, 0) is 66.6 Å². The van der Waals surface area contributed by atoms with Gasteiger partial charge in [0.2, 0.25) is 10.0 Å². The number of benzene rings is 3. The zero-order valence-electron chi connectivity index (χ0n) is 18.0. The maximum Gasteiger partial charge on any atom is 0.255 e. The van der Waals surface area contributed by atoms with Crippen LogP contribution in [0.25, 0.3) is 11.1 Å². The average Bonchev–Trinajstić information content (AvgIpc) is 2.81. The summed E-state index contributed by atoms with van der Waals surface area (Å²) >= 11 is 5.87. The van der Waals surface area contributed by atoms with E-state index >= 15 is 0 Å². The molecule has 33 heavy (non-hydrogen) atoms. The second kappa shape index (κ2) is 9.52. The van der Waals surface area contributed by atoms with E-state index in [-0.39, 0.29) is 10.8 Å². The van der Waals surface area contributed by atoms with Crippen LogP contribution in [-0.2, 0) is 14.8 Å². The number of halogens is 1. The molecule has 0 atom stereocenters. The van der Waals surface area contributed by atoms with Crippen molar-refractivity contribution in [3.05, 3.63) is 76.8 Å². The molecule has 0 aliphatic carbocycles. The maximum absolute atomic E-state index is 13.1. The summed E-state index contributed by atoms with van der Waals surface area (Å²) in [5, 5.41) is 3.36. The van der Waals surface area contributed by atoms with Gasteiger partial charge in [-0.25, -0.2) is 8.42 Å². The highest BCUT2D eigenvalue weighted by molar-refractivity contribution is 7.89. The number of carbonyl (C=O) groups is 1. The second-order valence-electron chi connectivity index (χ2n) is 7.76. The number of hydrogen-bond acceptors (Lipinski definition) is 5. The van der Waals surface area contributed by atoms with Crippen LogP contribution in [0.2, 0.25) is 5.02 Å². The van der Waals surface area contributed by atoms with Crippen molar-refractivity contribution in [2.45, 2.75) is 11.8 Å². The quantitative estimate of drug-likeness (QED) is 0.528. The summed E-state index contributed by atoms with van der Waals surface area (Å²) < 4.78 is 32.9. The largest absolute Gasteiger partial charge is 0.398 e. The number of nitrogen functional groups attached to an aromatic ring is 1. The molecular formula is C24H24ClN3O4S. The van der Waals surface area contributed by atoms with Crippen molar-refractivity contribution < 1.29 is 17.9 Å². The molecule has 172 valence electrons. The second-order valence-corrected chi connectivity index (χ2v) is 10.1. The SMILES string of the molecule is Cc1ccc(S(=O)(=O)N2CCOCC2)cc1-c1ccc(NC(=O)c2ccc(Cl)cc2)cc1N. The van der Waals surface area contributed by atoms with E-state index in [2.05, 4.69) is 5.32 Å². The highest BCUT2D eigenvalue weighted by Gasteiger charge is 2.27. The van der Waals surface area contributed by atoms with Crippen molar-refractivity contribution in [3.8, 4) is 11.1 Å². The van der Waals surface area contributed by atoms with Crippen molar-refractivity contribution in [2.75, 3.05) is 37.4 Å². The van der Waals surface area contributed by atoms with Gasteiger partial charge in [0.15, 0.2) is 0 Å². The van der Waals surface area contributed by atoms with Crippen LogP contribution >= 0.6 is 11.6 Å². The van der Waals surface area contributed by atoms with Crippen molar-refractivity contribution in [1.82, 2.24) is 4.31 Å². The fraction of sp³-hybridized carbons (Fsp3) is 0.208. The number of anilines is 2. The number of sulfonamides is 1. The molecule has 0 radical (unpaired) electrons. The van der Waals surface area contributed by atoms with Crippen LogP contribution in [0.15, 0.2) is 65.6 Å². The van der Waals surface area contributed by atoms with Gasteiger partial charge in [-0.2, -0.15) is 4.31 Å². The standard InChI is InChI=1S/C24H24ClN3O4S/c1-16-2-8-20(33(30,31)28-10-12-32-13-11-28)15-22(16)21-9-7-19(14-23(21)26)27-24(29)17-3-5-18(25)6-4-17/h2-9,14-15H,10-13,26H2,1H3,(H,27,29). The number of aryl methyl sites for hydroxylation is 1. The van der Waals surface area contributed by atoms with E-state index in [4.69, 9.17) is 22.1 Å². The Labute approximate surface area is 198 Å². The molecule has 3 aromatic carbocycles. The topological polar surface area (TPSA) is 102 Å². The molecule has 1 amide bonds. The van der Waals surface area contributed by atoms with E-state index in [1.807, 2.05) is 6.92 Å². The highest BCUT2D eigenvalue weighted by atomic mass is 35.5. The lowest BCUT2D eigenvalue weighted by Gasteiger charge is -2.26. The van der Waals surface area contributed by atoms with Crippen LogP contribution < -0.4 is 11.1 Å². The predicted molar refractivity (Wildman–Crippen MR) is 130 cm³/mol. The number of amides is 1. The number of nitrogens with zero attached hydrogens (tertiary/aromatic N) is 1. The van der Waals surface area contributed by atoms with Gasteiger partial charge >= 0.3 is 0 Å². The summed E-state index contributed by atoms with van der Waals surface area (Å²) in [4.78, 5) is 12.7. The Hall–Kier alpha value is -2.91. The number of nitrogens with one attached hydrogen (secondary N) is 1.